The molecule has 0 aromatic carbocycles. The maximum atomic E-state index is 12.2. The van der Waals surface area contributed by atoms with Crippen LogP contribution in [0.25, 0.3) is 0 Å². The molecule has 6 heteroatoms. The minimum atomic E-state index is -0.685. The molecule has 1 saturated heterocycles. The average molecular weight is 281 g/mol. The standard InChI is InChI=1S/C14H23N3O3/c1-14(5-3-4-7-20-14)13(18)16-10-12-9-15-11-17(12)6-8-19-2/h9,11H,3-8,10H2,1-2H3,(H,16,18). The van der Waals surface area contributed by atoms with E-state index in [0.717, 1.165) is 31.5 Å². The van der Waals surface area contributed by atoms with Gasteiger partial charge in [-0.25, -0.2) is 4.98 Å². The second-order valence-electron chi connectivity index (χ2n) is 5.29. The first-order valence-electron chi connectivity index (χ1n) is 7.06. The van der Waals surface area contributed by atoms with Gasteiger partial charge in [0.1, 0.15) is 5.60 Å². The van der Waals surface area contributed by atoms with Crippen molar-refractivity contribution in [3.63, 3.8) is 0 Å². The molecule has 0 aliphatic carbocycles. The van der Waals surface area contributed by atoms with Crippen molar-refractivity contribution >= 4 is 5.91 Å². The van der Waals surface area contributed by atoms with Crippen molar-refractivity contribution in [2.24, 2.45) is 0 Å². The number of carbonyl (C=O) groups is 1. The highest BCUT2D eigenvalue weighted by Crippen LogP contribution is 2.24. The first-order valence-corrected chi connectivity index (χ1v) is 7.06. The Hall–Kier alpha value is -1.40. The van der Waals surface area contributed by atoms with E-state index in [1.807, 2.05) is 11.5 Å². The fraction of sp³-hybridized carbons (Fsp3) is 0.714. The second kappa shape index (κ2) is 6.85. The third-order valence-electron chi connectivity index (χ3n) is 3.71. The maximum Gasteiger partial charge on any atom is 0.252 e. The summed E-state index contributed by atoms with van der Waals surface area (Å²) in [4.78, 5) is 16.4. The molecule has 1 aliphatic rings. The van der Waals surface area contributed by atoms with Gasteiger partial charge < -0.3 is 19.4 Å². The summed E-state index contributed by atoms with van der Waals surface area (Å²) in [7, 11) is 1.67. The van der Waals surface area contributed by atoms with Gasteiger partial charge in [0.15, 0.2) is 0 Å². The van der Waals surface area contributed by atoms with Crippen LogP contribution in [0.2, 0.25) is 0 Å². The van der Waals surface area contributed by atoms with Crippen LogP contribution in [-0.2, 0) is 27.4 Å². The van der Waals surface area contributed by atoms with Gasteiger partial charge in [-0.05, 0) is 26.2 Å². The molecule has 1 unspecified atom stereocenters. The number of imidazole rings is 1. The molecule has 1 aromatic rings. The van der Waals surface area contributed by atoms with Gasteiger partial charge in [-0.1, -0.05) is 0 Å². The topological polar surface area (TPSA) is 65.4 Å². The largest absolute Gasteiger partial charge is 0.383 e. The van der Waals surface area contributed by atoms with Crippen LogP contribution in [0.1, 0.15) is 31.9 Å². The number of methoxy groups -OCH3 is 1. The first-order chi connectivity index (χ1) is 9.65. The zero-order valence-electron chi connectivity index (χ0n) is 12.2. The van der Waals surface area contributed by atoms with Crippen LogP contribution >= 0.6 is 0 Å². The molecule has 6 nitrogen and oxygen atoms in total. The minimum absolute atomic E-state index is 0.0447. The van der Waals surface area contributed by atoms with E-state index in [9.17, 15) is 4.79 Å². The fourth-order valence-corrected chi connectivity index (χ4v) is 2.36. The number of aromatic nitrogens is 2. The van der Waals surface area contributed by atoms with Crippen molar-refractivity contribution in [3.8, 4) is 0 Å². The highest BCUT2D eigenvalue weighted by Gasteiger charge is 2.35. The predicted octanol–water partition coefficient (Wildman–Crippen LogP) is 1.10. The number of hydrogen-bond acceptors (Lipinski definition) is 4. The Balaban J connectivity index is 1.88. The van der Waals surface area contributed by atoms with Crippen molar-refractivity contribution in [3.05, 3.63) is 18.2 Å². The Morgan fingerprint density at radius 1 is 1.60 bits per heavy atom. The van der Waals surface area contributed by atoms with Gasteiger partial charge in [0.2, 0.25) is 0 Å². The van der Waals surface area contributed by atoms with E-state index in [-0.39, 0.29) is 5.91 Å². The van der Waals surface area contributed by atoms with Crippen molar-refractivity contribution in [1.29, 1.82) is 0 Å². The highest BCUT2D eigenvalue weighted by atomic mass is 16.5. The van der Waals surface area contributed by atoms with E-state index in [4.69, 9.17) is 9.47 Å². The van der Waals surface area contributed by atoms with E-state index in [2.05, 4.69) is 10.3 Å². The Morgan fingerprint density at radius 3 is 3.15 bits per heavy atom. The van der Waals surface area contributed by atoms with E-state index >= 15 is 0 Å². The molecule has 0 radical (unpaired) electrons. The zero-order chi connectivity index (χ0) is 14.4. The van der Waals surface area contributed by atoms with Gasteiger partial charge in [0, 0.05) is 26.5 Å². The molecule has 2 heterocycles. The van der Waals surface area contributed by atoms with Crippen LogP contribution in [0, 0.1) is 0 Å². The summed E-state index contributed by atoms with van der Waals surface area (Å²) < 4.78 is 12.7. The van der Waals surface area contributed by atoms with E-state index in [1.54, 1.807) is 19.6 Å². The molecule has 1 aromatic heterocycles. The van der Waals surface area contributed by atoms with Gasteiger partial charge in [-0.15, -0.1) is 0 Å². The lowest BCUT2D eigenvalue weighted by atomic mass is 9.95. The number of amides is 1. The molecule has 1 amide bonds. The molecule has 0 saturated carbocycles. The van der Waals surface area contributed by atoms with Crippen LogP contribution in [0.3, 0.4) is 0 Å². The fourth-order valence-electron chi connectivity index (χ4n) is 2.36. The second-order valence-corrected chi connectivity index (χ2v) is 5.29. The Kier molecular flexibility index (Phi) is 5.14. The molecule has 20 heavy (non-hydrogen) atoms. The van der Waals surface area contributed by atoms with Crippen LogP contribution in [-0.4, -0.2) is 41.4 Å². The van der Waals surface area contributed by atoms with Crippen molar-refractivity contribution in [2.75, 3.05) is 20.3 Å². The van der Waals surface area contributed by atoms with Crippen LogP contribution < -0.4 is 5.32 Å². The van der Waals surface area contributed by atoms with E-state index in [0.29, 0.717) is 19.8 Å². The Labute approximate surface area is 119 Å². The van der Waals surface area contributed by atoms with Crippen molar-refractivity contribution in [2.45, 2.75) is 44.9 Å². The van der Waals surface area contributed by atoms with Crippen LogP contribution in [0.5, 0.6) is 0 Å². The van der Waals surface area contributed by atoms with Gasteiger partial charge in [-0.2, -0.15) is 0 Å². The van der Waals surface area contributed by atoms with E-state index in [1.165, 1.54) is 0 Å². The molecule has 2 rings (SSSR count). The Bertz CT molecular complexity index is 439. The number of nitrogens with one attached hydrogen (secondary N) is 1. The molecule has 1 aliphatic heterocycles. The molecule has 0 spiro atoms. The summed E-state index contributed by atoms with van der Waals surface area (Å²) >= 11 is 0. The molecular formula is C14H23N3O3. The number of rotatable bonds is 6. The number of ether oxygens (including phenoxy) is 2. The summed E-state index contributed by atoms with van der Waals surface area (Å²) in [6.07, 6.45) is 6.36. The highest BCUT2D eigenvalue weighted by molar-refractivity contribution is 5.84. The van der Waals surface area contributed by atoms with Gasteiger partial charge >= 0.3 is 0 Å². The maximum absolute atomic E-state index is 12.2. The summed E-state index contributed by atoms with van der Waals surface area (Å²) in [5.74, 6) is -0.0447. The summed E-state index contributed by atoms with van der Waals surface area (Å²) in [5.41, 5.74) is 0.283. The SMILES string of the molecule is COCCn1cncc1CNC(=O)C1(C)CCCCO1. The Morgan fingerprint density at radius 2 is 2.45 bits per heavy atom. The lowest BCUT2D eigenvalue weighted by molar-refractivity contribution is -0.150. The van der Waals surface area contributed by atoms with Crippen molar-refractivity contribution < 1.29 is 14.3 Å². The normalized spacial score (nSPS) is 22.7. The molecule has 0 bridgehead atoms. The predicted molar refractivity (Wildman–Crippen MR) is 74.2 cm³/mol. The lowest BCUT2D eigenvalue weighted by Gasteiger charge is -2.32. The summed E-state index contributed by atoms with van der Waals surface area (Å²) in [5, 5.41) is 2.95. The zero-order valence-corrected chi connectivity index (χ0v) is 12.2. The molecule has 112 valence electrons. The summed E-state index contributed by atoms with van der Waals surface area (Å²) in [6, 6.07) is 0. The van der Waals surface area contributed by atoms with E-state index < -0.39 is 5.60 Å². The third-order valence-corrected chi connectivity index (χ3v) is 3.71. The van der Waals surface area contributed by atoms with Crippen LogP contribution in [0.15, 0.2) is 12.5 Å². The quantitative estimate of drug-likeness (QED) is 0.848. The summed E-state index contributed by atoms with van der Waals surface area (Å²) in [6.45, 7) is 4.34. The average Bonchev–Trinajstić information content (AvgIpc) is 2.90. The van der Waals surface area contributed by atoms with Gasteiger partial charge in [-0.3, -0.25) is 4.79 Å². The number of hydrogen-bond donors (Lipinski definition) is 1. The van der Waals surface area contributed by atoms with Crippen LogP contribution in [0.4, 0.5) is 0 Å². The monoisotopic (exact) mass is 281 g/mol. The molecule has 1 atom stereocenters. The van der Waals surface area contributed by atoms with Gasteiger partial charge in [0.25, 0.3) is 5.91 Å². The molecule has 1 fully saturated rings. The molecule has 1 N–H and O–H groups in total. The third kappa shape index (κ3) is 3.58. The number of nitrogens with zero attached hydrogens (tertiary/aromatic N) is 2. The van der Waals surface area contributed by atoms with Gasteiger partial charge in [0.05, 0.1) is 25.2 Å². The van der Waals surface area contributed by atoms with Crippen molar-refractivity contribution in [1.82, 2.24) is 14.9 Å². The number of carbonyl (C=O) groups excluding carboxylic acids is 1. The minimum Gasteiger partial charge on any atom is -0.383 e. The molecular weight excluding hydrogens is 258 g/mol. The lowest BCUT2D eigenvalue weighted by Crippen LogP contribution is -2.48. The first kappa shape index (κ1) is 15.0. The smallest absolute Gasteiger partial charge is 0.252 e.